The third-order valence-electron chi connectivity index (χ3n) is 5.55. The number of anilines is 1. The molecule has 2 amide bonds. The van der Waals surface area contributed by atoms with Crippen molar-refractivity contribution < 1.29 is 22.7 Å². The van der Waals surface area contributed by atoms with E-state index in [1.54, 1.807) is 49.4 Å². The maximum Gasteiger partial charge on any atom is 0.242 e. The molecule has 2 rings (SSSR count). The molecular formula is C25H33Cl2N3O5S. The third-order valence-corrected chi connectivity index (χ3v) is 7.48. The van der Waals surface area contributed by atoms with Gasteiger partial charge in [-0.05, 0) is 49.6 Å². The van der Waals surface area contributed by atoms with Gasteiger partial charge in [-0.15, -0.1) is 0 Å². The molecule has 2 aromatic carbocycles. The number of benzene rings is 2. The maximum absolute atomic E-state index is 13.3. The van der Waals surface area contributed by atoms with Crippen LogP contribution < -0.4 is 14.4 Å². The first kappa shape index (κ1) is 29.7. The molecule has 0 fully saturated rings. The van der Waals surface area contributed by atoms with Crippen molar-refractivity contribution in [3.8, 4) is 5.75 Å². The van der Waals surface area contributed by atoms with E-state index in [0.29, 0.717) is 28.0 Å². The molecule has 0 heterocycles. The number of nitrogens with zero attached hydrogens (tertiary/aromatic N) is 2. The molecule has 0 unspecified atom stereocenters. The molecule has 0 bridgehead atoms. The molecule has 198 valence electrons. The zero-order valence-corrected chi connectivity index (χ0v) is 23.3. The van der Waals surface area contributed by atoms with Crippen molar-refractivity contribution >= 4 is 50.7 Å². The minimum Gasteiger partial charge on any atom is -0.497 e. The van der Waals surface area contributed by atoms with Crippen molar-refractivity contribution in [3.05, 3.63) is 58.1 Å². The maximum atomic E-state index is 13.3. The highest BCUT2D eigenvalue weighted by Crippen LogP contribution is 2.25. The number of halogens is 2. The van der Waals surface area contributed by atoms with Crippen LogP contribution in [0.2, 0.25) is 10.0 Å². The van der Waals surface area contributed by atoms with E-state index < -0.39 is 16.1 Å². The van der Waals surface area contributed by atoms with Crippen LogP contribution in [0.15, 0.2) is 42.5 Å². The molecule has 0 saturated carbocycles. The van der Waals surface area contributed by atoms with Crippen LogP contribution in [0.25, 0.3) is 0 Å². The Morgan fingerprint density at radius 2 is 1.83 bits per heavy atom. The third kappa shape index (κ3) is 8.57. The van der Waals surface area contributed by atoms with Gasteiger partial charge in [-0.3, -0.25) is 13.9 Å². The van der Waals surface area contributed by atoms with Crippen LogP contribution >= 0.6 is 23.2 Å². The lowest BCUT2D eigenvalue weighted by molar-refractivity contribution is -0.140. The summed E-state index contributed by atoms with van der Waals surface area (Å²) in [5.41, 5.74) is 1.17. The SMILES string of the molecule is CCCNC(=O)[C@H](C)N(Cc1ccc(Cl)c(Cl)c1)C(=O)CCCN(c1cccc(OC)c1)S(C)(=O)=O. The monoisotopic (exact) mass is 557 g/mol. The quantitative estimate of drug-likeness (QED) is 0.391. The number of carbonyl (C=O) groups excluding carboxylic acids is 2. The van der Waals surface area contributed by atoms with Crippen LogP contribution in [0.3, 0.4) is 0 Å². The fourth-order valence-corrected chi connectivity index (χ4v) is 4.86. The fourth-order valence-electron chi connectivity index (χ4n) is 3.58. The average molecular weight is 559 g/mol. The van der Waals surface area contributed by atoms with E-state index in [4.69, 9.17) is 27.9 Å². The summed E-state index contributed by atoms with van der Waals surface area (Å²) in [5.74, 6) is -0.0179. The number of carbonyl (C=O) groups is 2. The number of sulfonamides is 1. The largest absolute Gasteiger partial charge is 0.497 e. The van der Waals surface area contributed by atoms with Crippen LogP contribution in [0.1, 0.15) is 38.7 Å². The number of hydrogen-bond acceptors (Lipinski definition) is 5. The zero-order valence-electron chi connectivity index (χ0n) is 21.0. The van der Waals surface area contributed by atoms with Gasteiger partial charge in [0.25, 0.3) is 0 Å². The summed E-state index contributed by atoms with van der Waals surface area (Å²) in [4.78, 5) is 27.4. The molecule has 36 heavy (non-hydrogen) atoms. The smallest absolute Gasteiger partial charge is 0.242 e. The lowest BCUT2D eigenvalue weighted by Crippen LogP contribution is -2.47. The Balaban J connectivity index is 2.19. The van der Waals surface area contributed by atoms with Crippen LogP contribution in [-0.2, 0) is 26.2 Å². The Hall–Kier alpha value is -2.49. The Bertz CT molecular complexity index is 1160. The van der Waals surface area contributed by atoms with Crippen LogP contribution in [0, 0.1) is 0 Å². The first-order valence-corrected chi connectivity index (χ1v) is 14.2. The Morgan fingerprint density at radius 1 is 1.11 bits per heavy atom. The average Bonchev–Trinajstić information content (AvgIpc) is 2.84. The highest BCUT2D eigenvalue weighted by atomic mass is 35.5. The lowest BCUT2D eigenvalue weighted by Gasteiger charge is -2.29. The van der Waals surface area contributed by atoms with E-state index >= 15 is 0 Å². The molecule has 0 radical (unpaired) electrons. The van der Waals surface area contributed by atoms with E-state index in [1.807, 2.05) is 6.92 Å². The first-order chi connectivity index (χ1) is 17.0. The molecule has 0 aliphatic rings. The molecular weight excluding hydrogens is 525 g/mol. The Kier molecular flexibility index (Phi) is 11.3. The molecule has 8 nitrogen and oxygen atoms in total. The molecule has 11 heteroatoms. The van der Waals surface area contributed by atoms with E-state index in [0.717, 1.165) is 18.2 Å². The molecule has 1 atom stereocenters. The number of ether oxygens (including phenoxy) is 1. The molecule has 2 aromatic rings. The van der Waals surface area contributed by atoms with E-state index in [9.17, 15) is 18.0 Å². The Morgan fingerprint density at radius 3 is 2.44 bits per heavy atom. The highest BCUT2D eigenvalue weighted by molar-refractivity contribution is 7.92. The van der Waals surface area contributed by atoms with Crippen molar-refractivity contribution in [2.24, 2.45) is 0 Å². The van der Waals surface area contributed by atoms with Gasteiger partial charge in [0.1, 0.15) is 11.8 Å². The highest BCUT2D eigenvalue weighted by Gasteiger charge is 2.26. The minimum absolute atomic E-state index is 0.0444. The predicted molar refractivity (Wildman–Crippen MR) is 144 cm³/mol. The van der Waals surface area contributed by atoms with Gasteiger partial charge in [-0.25, -0.2) is 8.42 Å². The van der Waals surface area contributed by atoms with Gasteiger partial charge in [0.15, 0.2) is 0 Å². The topological polar surface area (TPSA) is 96.0 Å². The lowest BCUT2D eigenvalue weighted by atomic mass is 10.1. The number of methoxy groups -OCH3 is 1. The number of nitrogens with one attached hydrogen (secondary N) is 1. The molecule has 0 saturated heterocycles. The number of amides is 2. The summed E-state index contributed by atoms with van der Waals surface area (Å²) in [6, 6.07) is 11.0. The molecule has 0 aliphatic carbocycles. The minimum atomic E-state index is -3.60. The van der Waals surface area contributed by atoms with Gasteiger partial charge < -0.3 is 15.0 Å². The van der Waals surface area contributed by atoms with Gasteiger partial charge in [0, 0.05) is 32.1 Å². The van der Waals surface area contributed by atoms with Gasteiger partial charge in [-0.2, -0.15) is 0 Å². The zero-order chi connectivity index (χ0) is 26.9. The molecule has 0 aromatic heterocycles. The number of hydrogen-bond donors (Lipinski definition) is 1. The molecule has 0 spiro atoms. The van der Waals surface area contributed by atoms with Crippen molar-refractivity contribution in [1.29, 1.82) is 0 Å². The van der Waals surface area contributed by atoms with Crippen molar-refractivity contribution in [2.75, 3.05) is 30.8 Å². The summed E-state index contributed by atoms with van der Waals surface area (Å²) >= 11 is 12.2. The van der Waals surface area contributed by atoms with Gasteiger partial charge in [-0.1, -0.05) is 42.3 Å². The number of rotatable bonds is 13. The van der Waals surface area contributed by atoms with Gasteiger partial charge in [0.2, 0.25) is 21.8 Å². The summed E-state index contributed by atoms with van der Waals surface area (Å²) in [7, 11) is -2.09. The van der Waals surface area contributed by atoms with Crippen molar-refractivity contribution in [1.82, 2.24) is 10.2 Å². The molecule has 0 aliphatic heterocycles. The molecule has 1 N–H and O–H groups in total. The second-order valence-electron chi connectivity index (χ2n) is 8.38. The van der Waals surface area contributed by atoms with Gasteiger partial charge >= 0.3 is 0 Å². The van der Waals surface area contributed by atoms with Crippen LogP contribution in [0.5, 0.6) is 5.75 Å². The second kappa shape index (κ2) is 13.7. The summed E-state index contributed by atoms with van der Waals surface area (Å²) in [5, 5.41) is 3.57. The van der Waals surface area contributed by atoms with Crippen molar-refractivity contribution in [2.45, 2.75) is 45.7 Å². The standard InChI is InChI=1S/C25H33Cl2N3O5S/c1-5-13-28-25(32)18(2)29(17-19-11-12-22(26)23(27)15-19)24(31)10-7-14-30(36(4,33)34)20-8-6-9-21(16-20)35-3/h6,8-9,11-12,15-16,18H,5,7,10,13-14,17H2,1-4H3,(H,28,32)/t18-/m0/s1. The predicted octanol–water partition coefficient (Wildman–Crippen LogP) is 4.49. The van der Waals surface area contributed by atoms with E-state index in [1.165, 1.54) is 16.3 Å². The fraction of sp³-hybridized carbons (Fsp3) is 0.440. The van der Waals surface area contributed by atoms with Crippen LogP contribution in [-0.4, -0.2) is 57.6 Å². The van der Waals surface area contributed by atoms with Crippen LogP contribution in [0.4, 0.5) is 5.69 Å². The van der Waals surface area contributed by atoms with Crippen molar-refractivity contribution in [3.63, 3.8) is 0 Å². The Labute approximate surface area is 223 Å². The van der Waals surface area contributed by atoms with Gasteiger partial charge in [0.05, 0.1) is 29.1 Å². The second-order valence-corrected chi connectivity index (χ2v) is 11.1. The summed E-state index contributed by atoms with van der Waals surface area (Å²) < 4.78 is 31.3. The van der Waals surface area contributed by atoms with E-state index in [-0.39, 0.29) is 37.7 Å². The van der Waals surface area contributed by atoms with E-state index in [2.05, 4.69) is 5.32 Å². The normalized spacial score (nSPS) is 12.1. The summed E-state index contributed by atoms with van der Waals surface area (Å²) in [6.07, 6.45) is 2.18. The first-order valence-electron chi connectivity index (χ1n) is 11.6. The summed E-state index contributed by atoms with van der Waals surface area (Å²) in [6.45, 7) is 4.36.